The number of fused-ring (bicyclic) bond motifs is 1. The van der Waals surface area contributed by atoms with Crippen LogP contribution < -0.4 is 14.4 Å². The normalized spacial score (nSPS) is 14.7. The van der Waals surface area contributed by atoms with Gasteiger partial charge in [0.05, 0.1) is 13.7 Å². The van der Waals surface area contributed by atoms with Gasteiger partial charge in [-0.15, -0.1) is 0 Å². The van der Waals surface area contributed by atoms with Crippen molar-refractivity contribution in [2.24, 2.45) is 5.92 Å². The van der Waals surface area contributed by atoms with E-state index in [4.69, 9.17) is 9.47 Å². The van der Waals surface area contributed by atoms with Gasteiger partial charge in [-0.2, -0.15) is 0 Å². The van der Waals surface area contributed by atoms with Crippen molar-refractivity contribution in [2.75, 3.05) is 31.7 Å². The number of pyridine rings is 1. The molecule has 1 N–H and O–H groups in total. The van der Waals surface area contributed by atoms with E-state index in [2.05, 4.69) is 23.8 Å². The van der Waals surface area contributed by atoms with Crippen LogP contribution in [0, 0.1) is 5.92 Å². The molecule has 7 heteroatoms. The Morgan fingerprint density at radius 3 is 2.79 bits per heavy atom. The summed E-state index contributed by atoms with van der Waals surface area (Å²) in [7, 11) is 1.64. The SMILES string of the molecule is COc1ccc(N2CCCCN(Cc3ccnc4[nH]ccc34)C2=O)cc1OCCCC(C)C. The minimum absolute atomic E-state index is 0.0175. The fourth-order valence-corrected chi connectivity index (χ4v) is 4.30. The minimum atomic E-state index is 0.0175. The van der Waals surface area contributed by atoms with Crippen molar-refractivity contribution < 1.29 is 14.3 Å². The number of nitrogens with one attached hydrogen (secondary N) is 1. The van der Waals surface area contributed by atoms with E-state index in [1.807, 2.05) is 46.3 Å². The minimum Gasteiger partial charge on any atom is -0.493 e. The fraction of sp³-hybridized carbons (Fsp3) is 0.462. The maximum atomic E-state index is 13.6. The molecule has 1 aliphatic heterocycles. The molecule has 7 nitrogen and oxygen atoms in total. The molecule has 0 radical (unpaired) electrons. The van der Waals surface area contributed by atoms with E-state index < -0.39 is 0 Å². The molecule has 0 saturated carbocycles. The molecule has 1 aliphatic rings. The summed E-state index contributed by atoms with van der Waals surface area (Å²) < 4.78 is 11.6. The van der Waals surface area contributed by atoms with Crippen LogP contribution in [0.25, 0.3) is 11.0 Å². The average molecular weight is 451 g/mol. The van der Waals surface area contributed by atoms with Crippen molar-refractivity contribution in [2.45, 2.75) is 46.1 Å². The Labute approximate surface area is 195 Å². The molecule has 0 aliphatic carbocycles. The first-order valence-electron chi connectivity index (χ1n) is 11.8. The van der Waals surface area contributed by atoms with Gasteiger partial charge in [0, 0.05) is 49.2 Å². The lowest BCUT2D eigenvalue weighted by atomic mass is 10.1. The standard InChI is InChI=1S/C26H34N4O3/c1-19(2)7-6-16-33-24-17-21(8-9-23(24)32-3)30-15-5-4-14-29(26(30)31)18-20-10-12-27-25-22(20)11-13-28-25/h8-13,17,19H,4-7,14-16,18H2,1-3H3,(H,27,28). The third kappa shape index (κ3) is 5.41. The molecule has 33 heavy (non-hydrogen) atoms. The Hall–Kier alpha value is -3.22. The van der Waals surface area contributed by atoms with Crippen LogP contribution >= 0.6 is 0 Å². The van der Waals surface area contributed by atoms with Crippen molar-refractivity contribution in [3.63, 3.8) is 0 Å². The van der Waals surface area contributed by atoms with Crippen LogP contribution in [0.1, 0.15) is 45.1 Å². The summed E-state index contributed by atoms with van der Waals surface area (Å²) >= 11 is 0. The van der Waals surface area contributed by atoms with Gasteiger partial charge in [-0.05, 0) is 61.4 Å². The summed E-state index contributed by atoms with van der Waals surface area (Å²) in [4.78, 5) is 24.9. The number of methoxy groups -OCH3 is 1. The Balaban J connectivity index is 1.53. The highest BCUT2D eigenvalue weighted by molar-refractivity contribution is 5.93. The molecular formula is C26H34N4O3. The zero-order valence-electron chi connectivity index (χ0n) is 19.8. The number of rotatable bonds is 9. The third-order valence-corrected chi connectivity index (χ3v) is 6.12. The van der Waals surface area contributed by atoms with Gasteiger partial charge in [-0.3, -0.25) is 4.90 Å². The Morgan fingerprint density at radius 1 is 1.12 bits per heavy atom. The van der Waals surface area contributed by atoms with E-state index in [9.17, 15) is 4.79 Å². The molecule has 3 heterocycles. The first kappa shape index (κ1) is 23.0. The van der Waals surface area contributed by atoms with Crippen LogP contribution in [0.2, 0.25) is 0 Å². The third-order valence-electron chi connectivity index (χ3n) is 6.12. The van der Waals surface area contributed by atoms with Crippen LogP contribution in [0.4, 0.5) is 10.5 Å². The predicted molar refractivity (Wildman–Crippen MR) is 131 cm³/mol. The quantitative estimate of drug-likeness (QED) is 0.430. The van der Waals surface area contributed by atoms with E-state index in [0.29, 0.717) is 37.1 Å². The molecule has 3 aromatic rings. The summed E-state index contributed by atoms with van der Waals surface area (Å²) in [5.74, 6) is 2.02. The molecule has 2 aromatic heterocycles. The van der Waals surface area contributed by atoms with Crippen LogP contribution in [0.15, 0.2) is 42.7 Å². The van der Waals surface area contributed by atoms with E-state index >= 15 is 0 Å². The first-order chi connectivity index (χ1) is 16.1. The molecule has 4 rings (SSSR count). The number of aromatic amines is 1. The van der Waals surface area contributed by atoms with Crippen molar-refractivity contribution in [3.8, 4) is 11.5 Å². The summed E-state index contributed by atoms with van der Waals surface area (Å²) in [6.45, 7) is 7.03. The number of carbonyl (C=O) groups is 1. The van der Waals surface area contributed by atoms with Gasteiger partial charge in [-0.1, -0.05) is 13.8 Å². The molecule has 0 spiro atoms. The smallest absolute Gasteiger partial charge is 0.324 e. The van der Waals surface area contributed by atoms with Gasteiger partial charge >= 0.3 is 6.03 Å². The Morgan fingerprint density at radius 2 is 1.97 bits per heavy atom. The number of aromatic nitrogens is 2. The largest absolute Gasteiger partial charge is 0.493 e. The van der Waals surface area contributed by atoms with Crippen molar-refractivity contribution in [1.82, 2.24) is 14.9 Å². The summed E-state index contributed by atoms with van der Waals surface area (Å²) in [6, 6.07) is 9.80. The van der Waals surface area contributed by atoms with Gasteiger partial charge in [0.15, 0.2) is 11.5 Å². The second-order valence-electron chi connectivity index (χ2n) is 8.99. The van der Waals surface area contributed by atoms with E-state index in [-0.39, 0.29) is 6.03 Å². The number of hydrogen-bond donors (Lipinski definition) is 1. The van der Waals surface area contributed by atoms with Gasteiger partial charge < -0.3 is 19.4 Å². The maximum Gasteiger partial charge on any atom is 0.324 e. The van der Waals surface area contributed by atoms with E-state index in [0.717, 1.165) is 54.5 Å². The van der Waals surface area contributed by atoms with Crippen molar-refractivity contribution in [3.05, 3.63) is 48.3 Å². The summed E-state index contributed by atoms with van der Waals surface area (Å²) in [6.07, 6.45) is 7.71. The highest BCUT2D eigenvalue weighted by atomic mass is 16.5. The molecule has 2 amide bonds. The van der Waals surface area contributed by atoms with E-state index in [1.165, 1.54) is 0 Å². The Bertz CT molecular complexity index is 1080. The van der Waals surface area contributed by atoms with Crippen molar-refractivity contribution in [1.29, 1.82) is 0 Å². The van der Waals surface area contributed by atoms with Gasteiger partial charge in [-0.25, -0.2) is 9.78 Å². The number of H-pyrrole nitrogens is 1. The number of benzene rings is 1. The summed E-state index contributed by atoms with van der Waals surface area (Å²) in [5, 5.41) is 1.06. The van der Waals surface area contributed by atoms with E-state index in [1.54, 1.807) is 13.3 Å². The lowest BCUT2D eigenvalue weighted by molar-refractivity contribution is 0.206. The molecule has 0 atom stereocenters. The van der Waals surface area contributed by atoms with Crippen molar-refractivity contribution >= 4 is 22.8 Å². The zero-order chi connectivity index (χ0) is 23.2. The highest BCUT2D eigenvalue weighted by Crippen LogP contribution is 2.33. The number of amides is 2. The number of hydrogen-bond acceptors (Lipinski definition) is 4. The molecule has 1 aromatic carbocycles. The van der Waals surface area contributed by atoms with Crippen LogP contribution in [-0.4, -0.2) is 47.7 Å². The molecule has 0 unspecified atom stereocenters. The van der Waals surface area contributed by atoms with Gasteiger partial charge in [0.2, 0.25) is 0 Å². The fourth-order valence-electron chi connectivity index (χ4n) is 4.30. The topological polar surface area (TPSA) is 70.7 Å². The number of anilines is 1. The molecule has 1 fully saturated rings. The first-order valence-corrected chi connectivity index (χ1v) is 11.8. The molecule has 1 saturated heterocycles. The molecule has 0 bridgehead atoms. The number of nitrogens with zero attached hydrogens (tertiary/aromatic N) is 3. The number of ether oxygens (including phenoxy) is 2. The Kier molecular flexibility index (Phi) is 7.37. The average Bonchev–Trinajstić information content (AvgIpc) is 3.23. The lowest BCUT2D eigenvalue weighted by Crippen LogP contribution is -2.41. The zero-order valence-corrected chi connectivity index (χ0v) is 19.8. The molecule has 176 valence electrons. The summed E-state index contributed by atoms with van der Waals surface area (Å²) in [5.41, 5.74) is 2.79. The van der Waals surface area contributed by atoms with Crippen LogP contribution in [-0.2, 0) is 6.54 Å². The predicted octanol–water partition coefficient (Wildman–Crippen LogP) is 5.61. The van der Waals surface area contributed by atoms with Gasteiger partial charge in [0.1, 0.15) is 5.65 Å². The second kappa shape index (κ2) is 10.6. The van der Waals surface area contributed by atoms with Crippen LogP contribution in [0.5, 0.6) is 11.5 Å². The van der Waals surface area contributed by atoms with Gasteiger partial charge in [0.25, 0.3) is 0 Å². The molecular weight excluding hydrogens is 416 g/mol. The maximum absolute atomic E-state index is 13.6. The highest BCUT2D eigenvalue weighted by Gasteiger charge is 2.26. The lowest BCUT2D eigenvalue weighted by Gasteiger charge is -2.28. The monoisotopic (exact) mass is 450 g/mol. The second-order valence-corrected chi connectivity index (χ2v) is 8.99. The number of carbonyl (C=O) groups excluding carboxylic acids is 1. The van der Waals surface area contributed by atoms with Crippen LogP contribution in [0.3, 0.4) is 0 Å². The number of urea groups is 1.